The van der Waals surface area contributed by atoms with Gasteiger partial charge in [0.25, 0.3) is 0 Å². The lowest BCUT2D eigenvalue weighted by atomic mass is 10.1. The van der Waals surface area contributed by atoms with E-state index < -0.39 is 6.04 Å². The van der Waals surface area contributed by atoms with Crippen molar-refractivity contribution >= 4 is 23.4 Å². The van der Waals surface area contributed by atoms with Crippen molar-refractivity contribution in [2.24, 2.45) is 0 Å². The Labute approximate surface area is 116 Å². The second kappa shape index (κ2) is 5.48. The van der Waals surface area contributed by atoms with Gasteiger partial charge in [0.2, 0.25) is 11.8 Å². The van der Waals surface area contributed by atoms with Gasteiger partial charge < -0.3 is 15.0 Å². The number of halogens is 1. The van der Waals surface area contributed by atoms with Gasteiger partial charge in [-0.1, -0.05) is 11.6 Å². The predicted octanol–water partition coefficient (Wildman–Crippen LogP) is 1.20. The average Bonchev–Trinajstić information content (AvgIpc) is 2.35. The average molecular weight is 283 g/mol. The van der Waals surface area contributed by atoms with Crippen LogP contribution in [0.2, 0.25) is 5.02 Å². The lowest BCUT2D eigenvalue weighted by Gasteiger charge is -2.31. The number of hydrogen-bond acceptors (Lipinski definition) is 3. The Balaban J connectivity index is 2.22. The van der Waals surface area contributed by atoms with Crippen molar-refractivity contribution in [3.8, 4) is 5.75 Å². The molecule has 0 saturated carbocycles. The number of carbonyl (C=O) groups is 2. The van der Waals surface area contributed by atoms with Crippen LogP contribution in [-0.4, -0.2) is 36.4 Å². The molecule has 2 amide bonds. The number of amides is 2. The molecule has 1 aromatic carbocycles. The molecule has 0 aromatic heterocycles. The largest absolute Gasteiger partial charge is 0.496 e. The fourth-order valence-corrected chi connectivity index (χ4v) is 2.28. The molecule has 0 aliphatic carbocycles. The zero-order valence-corrected chi connectivity index (χ0v) is 11.5. The van der Waals surface area contributed by atoms with Gasteiger partial charge in [-0.05, 0) is 25.1 Å². The fourth-order valence-electron chi connectivity index (χ4n) is 2.08. The van der Waals surface area contributed by atoms with E-state index in [0.29, 0.717) is 17.3 Å². The van der Waals surface area contributed by atoms with Crippen LogP contribution in [0.5, 0.6) is 5.75 Å². The first-order valence-corrected chi connectivity index (χ1v) is 6.29. The maximum absolute atomic E-state index is 12.0. The number of piperazine rings is 1. The molecular weight excluding hydrogens is 268 g/mol. The summed E-state index contributed by atoms with van der Waals surface area (Å²) in [6, 6.07) is 4.71. The van der Waals surface area contributed by atoms with Gasteiger partial charge in [-0.15, -0.1) is 0 Å². The zero-order chi connectivity index (χ0) is 14.0. The Morgan fingerprint density at radius 2 is 2.21 bits per heavy atom. The van der Waals surface area contributed by atoms with E-state index >= 15 is 0 Å². The highest BCUT2D eigenvalue weighted by atomic mass is 35.5. The summed E-state index contributed by atoms with van der Waals surface area (Å²) >= 11 is 5.95. The molecule has 102 valence electrons. The van der Waals surface area contributed by atoms with Gasteiger partial charge in [0.1, 0.15) is 11.8 Å². The number of rotatable bonds is 3. The van der Waals surface area contributed by atoms with E-state index in [1.807, 2.05) is 0 Å². The van der Waals surface area contributed by atoms with Crippen molar-refractivity contribution in [2.75, 3.05) is 13.7 Å². The van der Waals surface area contributed by atoms with Gasteiger partial charge in [0.05, 0.1) is 13.7 Å². The maximum Gasteiger partial charge on any atom is 0.245 e. The molecule has 1 fully saturated rings. The second-order valence-corrected chi connectivity index (χ2v) is 4.88. The van der Waals surface area contributed by atoms with Crippen LogP contribution in [0.4, 0.5) is 0 Å². The van der Waals surface area contributed by atoms with Crippen LogP contribution in [0.25, 0.3) is 0 Å². The van der Waals surface area contributed by atoms with Crippen LogP contribution in [-0.2, 0) is 16.1 Å². The Hall–Kier alpha value is -1.75. The smallest absolute Gasteiger partial charge is 0.245 e. The van der Waals surface area contributed by atoms with Crippen LogP contribution < -0.4 is 10.1 Å². The highest BCUT2D eigenvalue weighted by Gasteiger charge is 2.29. The second-order valence-electron chi connectivity index (χ2n) is 4.44. The number of benzene rings is 1. The number of methoxy groups -OCH3 is 1. The zero-order valence-electron chi connectivity index (χ0n) is 10.8. The monoisotopic (exact) mass is 282 g/mol. The van der Waals surface area contributed by atoms with Gasteiger partial charge in [-0.2, -0.15) is 0 Å². The van der Waals surface area contributed by atoms with E-state index in [9.17, 15) is 9.59 Å². The highest BCUT2D eigenvalue weighted by Crippen LogP contribution is 2.24. The Bertz CT molecular complexity index is 519. The summed E-state index contributed by atoms with van der Waals surface area (Å²) in [4.78, 5) is 25.0. The fraction of sp³-hybridized carbons (Fsp3) is 0.385. The highest BCUT2D eigenvalue weighted by molar-refractivity contribution is 6.30. The molecule has 0 spiro atoms. The third-order valence-corrected chi connectivity index (χ3v) is 3.23. The van der Waals surface area contributed by atoms with Crippen molar-refractivity contribution in [3.63, 3.8) is 0 Å². The van der Waals surface area contributed by atoms with Gasteiger partial charge in [-0.3, -0.25) is 9.59 Å². The summed E-state index contributed by atoms with van der Waals surface area (Å²) in [7, 11) is 1.56. The molecule has 2 rings (SSSR count). The van der Waals surface area contributed by atoms with E-state index in [-0.39, 0.29) is 18.4 Å². The Kier molecular flexibility index (Phi) is 3.95. The quantitative estimate of drug-likeness (QED) is 0.906. The van der Waals surface area contributed by atoms with Gasteiger partial charge >= 0.3 is 0 Å². The van der Waals surface area contributed by atoms with Crippen molar-refractivity contribution < 1.29 is 14.3 Å². The van der Waals surface area contributed by atoms with E-state index in [4.69, 9.17) is 16.3 Å². The number of nitrogens with one attached hydrogen (secondary N) is 1. The molecule has 1 aliphatic heterocycles. The summed E-state index contributed by atoms with van der Waals surface area (Å²) in [6.07, 6.45) is 0. The molecule has 1 saturated heterocycles. The van der Waals surface area contributed by atoms with Crippen LogP contribution in [0.3, 0.4) is 0 Å². The molecule has 5 nitrogen and oxygen atoms in total. The van der Waals surface area contributed by atoms with Crippen molar-refractivity contribution in [1.29, 1.82) is 0 Å². The first-order valence-electron chi connectivity index (χ1n) is 5.92. The lowest BCUT2D eigenvalue weighted by Crippen LogP contribution is -2.56. The van der Waals surface area contributed by atoms with Gasteiger partial charge in [0, 0.05) is 17.1 Å². The summed E-state index contributed by atoms with van der Waals surface area (Å²) < 4.78 is 5.23. The predicted molar refractivity (Wildman–Crippen MR) is 71.0 cm³/mol. The summed E-state index contributed by atoms with van der Waals surface area (Å²) in [5, 5.41) is 3.16. The summed E-state index contributed by atoms with van der Waals surface area (Å²) in [5.41, 5.74) is 0.783. The summed E-state index contributed by atoms with van der Waals surface area (Å²) in [5.74, 6) is 0.380. The third-order valence-electron chi connectivity index (χ3n) is 3.00. The van der Waals surface area contributed by atoms with Gasteiger partial charge in [0.15, 0.2) is 0 Å². The van der Waals surface area contributed by atoms with Crippen LogP contribution in [0.1, 0.15) is 12.5 Å². The molecule has 6 heteroatoms. The minimum atomic E-state index is -0.494. The topological polar surface area (TPSA) is 58.6 Å². The SMILES string of the molecule is COc1ccc(Cl)cc1CN1CC(=O)NC(C)C1=O. The summed E-state index contributed by atoms with van der Waals surface area (Å²) in [6.45, 7) is 2.03. The number of ether oxygens (including phenoxy) is 1. The van der Waals surface area contributed by atoms with Gasteiger partial charge in [-0.25, -0.2) is 0 Å². The normalized spacial score (nSPS) is 19.3. The Morgan fingerprint density at radius 3 is 2.89 bits per heavy atom. The number of carbonyl (C=O) groups excluding carboxylic acids is 2. The third kappa shape index (κ3) is 2.98. The number of nitrogens with zero attached hydrogens (tertiary/aromatic N) is 1. The first-order chi connectivity index (χ1) is 9.01. The molecule has 19 heavy (non-hydrogen) atoms. The van der Waals surface area contributed by atoms with Crippen molar-refractivity contribution in [2.45, 2.75) is 19.5 Å². The minimum Gasteiger partial charge on any atom is -0.496 e. The molecule has 0 radical (unpaired) electrons. The van der Waals surface area contributed by atoms with Crippen LogP contribution in [0, 0.1) is 0 Å². The first kappa shape index (κ1) is 13.7. The molecule has 1 unspecified atom stereocenters. The molecule has 1 aliphatic rings. The van der Waals surface area contributed by atoms with Crippen LogP contribution in [0.15, 0.2) is 18.2 Å². The van der Waals surface area contributed by atoms with Crippen molar-refractivity contribution in [3.05, 3.63) is 28.8 Å². The molecule has 0 bridgehead atoms. The minimum absolute atomic E-state index is 0.0544. The van der Waals surface area contributed by atoms with Crippen molar-refractivity contribution in [1.82, 2.24) is 10.2 Å². The number of hydrogen-bond donors (Lipinski definition) is 1. The molecule has 1 aromatic rings. The molecular formula is C13H15ClN2O3. The standard InChI is InChI=1S/C13H15ClN2O3/c1-8-13(18)16(7-12(17)15-8)6-9-5-10(14)3-4-11(9)19-2/h3-5,8H,6-7H2,1-2H3,(H,15,17). The van der Waals surface area contributed by atoms with E-state index in [1.165, 1.54) is 4.90 Å². The van der Waals surface area contributed by atoms with E-state index in [2.05, 4.69) is 5.32 Å². The van der Waals surface area contributed by atoms with E-state index in [1.54, 1.807) is 32.2 Å². The van der Waals surface area contributed by atoms with E-state index in [0.717, 1.165) is 5.56 Å². The molecule has 1 N–H and O–H groups in total. The molecule has 1 atom stereocenters. The maximum atomic E-state index is 12.0. The Morgan fingerprint density at radius 1 is 1.47 bits per heavy atom. The lowest BCUT2D eigenvalue weighted by molar-refractivity contribution is -0.144. The molecule has 1 heterocycles. The van der Waals surface area contributed by atoms with Crippen LogP contribution >= 0.6 is 11.6 Å².